The van der Waals surface area contributed by atoms with E-state index in [0.717, 1.165) is 4.47 Å². The van der Waals surface area contributed by atoms with Gasteiger partial charge in [0.1, 0.15) is 6.23 Å². The molecule has 90 valence electrons. The molecule has 0 aromatic carbocycles. The molecule has 0 aliphatic carbocycles. The van der Waals surface area contributed by atoms with Gasteiger partial charge in [0.05, 0.1) is 12.1 Å². The smallest absolute Gasteiger partial charge is 0.373 e. The summed E-state index contributed by atoms with van der Waals surface area (Å²) in [6.45, 7) is -0.345. The van der Waals surface area contributed by atoms with Crippen LogP contribution in [-0.4, -0.2) is 22.8 Å². The maximum atomic E-state index is 11.8. The first-order valence-electron chi connectivity index (χ1n) is 4.48. The number of halogens is 4. The molecule has 0 aliphatic heterocycles. The number of pyridine rings is 1. The molecule has 0 saturated heterocycles. The molecule has 1 heterocycles. The number of nitrogens with one attached hydrogen (secondary N) is 1. The monoisotopic (exact) mass is 298 g/mol. The molecule has 7 heteroatoms. The number of aromatic nitrogens is 1. The Bertz CT molecular complexity index is 329. The fourth-order valence-corrected chi connectivity index (χ4v) is 1.24. The maximum Gasteiger partial charge on any atom is 0.390 e. The molecular weight excluding hydrogens is 289 g/mol. The Kier molecular flexibility index (Phi) is 4.69. The van der Waals surface area contributed by atoms with E-state index in [0.29, 0.717) is 0 Å². The van der Waals surface area contributed by atoms with Gasteiger partial charge in [-0.3, -0.25) is 10.3 Å². The minimum absolute atomic E-state index is 0.283. The van der Waals surface area contributed by atoms with Gasteiger partial charge in [-0.15, -0.1) is 0 Å². The molecule has 0 aliphatic rings. The third kappa shape index (κ3) is 4.91. The molecule has 1 unspecified atom stereocenters. The summed E-state index contributed by atoms with van der Waals surface area (Å²) in [4.78, 5) is 3.85. The Labute approximate surface area is 98.8 Å². The summed E-state index contributed by atoms with van der Waals surface area (Å²) in [5.41, 5.74) is 0.283. The SMILES string of the molecule is OC(NCCC(F)(F)F)c1ccc(Br)cn1. The van der Waals surface area contributed by atoms with Gasteiger partial charge < -0.3 is 5.11 Å². The largest absolute Gasteiger partial charge is 0.390 e. The number of hydrogen-bond donors (Lipinski definition) is 2. The zero-order valence-electron chi connectivity index (χ0n) is 8.13. The molecule has 0 fully saturated rings. The van der Waals surface area contributed by atoms with Gasteiger partial charge in [-0.2, -0.15) is 13.2 Å². The Morgan fingerprint density at radius 3 is 2.62 bits per heavy atom. The molecule has 2 N–H and O–H groups in total. The first-order valence-corrected chi connectivity index (χ1v) is 5.27. The van der Waals surface area contributed by atoms with Gasteiger partial charge in [-0.05, 0) is 28.1 Å². The van der Waals surface area contributed by atoms with Crippen molar-refractivity contribution in [1.29, 1.82) is 0 Å². The van der Waals surface area contributed by atoms with Crippen molar-refractivity contribution in [3.63, 3.8) is 0 Å². The molecule has 0 bridgehead atoms. The Hall–Kier alpha value is -0.660. The van der Waals surface area contributed by atoms with E-state index >= 15 is 0 Å². The Balaban J connectivity index is 2.41. The van der Waals surface area contributed by atoms with Gasteiger partial charge in [0.15, 0.2) is 0 Å². The van der Waals surface area contributed by atoms with E-state index in [1.807, 2.05) is 0 Å². The summed E-state index contributed by atoms with van der Waals surface area (Å²) < 4.78 is 36.2. The third-order valence-electron chi connectivity index (χ3n) is 1.78. The van der Waals surface area contributed by atoms with Crippen molar-refractivity contribution in [2.45, 2.75) is 18.8 Å². The van der Waals surface area contributed by atoms with Gasteiger partial charge in [-0.1, -0.05) is 0 Å². The minimum atomic E-state index is -4.22. The van der Waals surface area contributed by atoms with Gasteiger partial charge >= 0.3 is 6.18 Å². The lowest BCUT2D eigenvalue weighted by Crippen LogP contribution is -2.26. The van der Waals surface area contributed by atoms with E-state index < -0.39 is 18.8 Å². The maximum absolute atomic E-state index is 11.8. The molecule has 0 radical (unpaired) electrons. The Morgan fingerprint density at radius 1 is 1.44 bits per heavy atom. The molecule has 0 spiro atoms. The summed E-state index contributed by atoms with van der Waals surface area (Å²) >= 11 is 3.16. The predicted molar refractivity (Wildman–Crippen MR) is 55.6 cm³/mol. The lowest BCUT2D eigenvalue weighted by molar-refractivity contribution is -0.134. The average Bonchev–Trinajstić information content (AvgIpc) is 2.16. The molecule has 1 aromatic rings. The highest BCUT2D eigenvalue weighted by atomic mass is 79.9. The summed E-state index contributed by atoms with van der Waals surface area (Å²) in [6, 6.07) is 3.17. The van der Waals surface area contributed by atoms with Crippen LogP contribution in [0.25, 0.3) is 0 Å². The summed E-state index contributed by atoms with van der Waals surface area (Å²) in [5, 5.41) is 11.8. The minimum Gasteiger partial charge on any atom is -0.373 e. The van der Waals surface area contributed by atoms with Crippen LogP contribution < -0.4 is 5.32 Å². The van der Waals surface area contributed by atoms with Crippen molar-refractivity contribution < 1.29 is 18.3 Å². The van der Waals surface area contributed by atoms with E-state index in [1.165, 1.54) is 12.3 Å². The zero-order chi connectivity index (χ0) is 12.2. The molecule has 0 saturated carbocycles. The highest BCUT2D eigenvalue weighted by Gasteiger charge is 2.26. The van der Waals surface area contributed by atoms with Crippen molar-refractivity contribution >= 4 is 15.9 Å². The van der Waals surface area contributed by atoms with E-state index in [-0.39, 0.29) is 12.2 Å². The first kappa shape index (κ1) is 13.4. The fourth-order valence-electron chi connectivity index (χ4n) is 1.00. The second-order valence-corrected chi connectivity index (χ2v) is 4.04. The first-order chi connectivity index (χ1) is 7.38. The topological polar surface area (TPSA) is 45.1 Å². The molecular formula is C9H10BrF3N2O. The average molecular weight is 299 g/mol. The molecule has 0 amide bonds. The molecule has 3 nitrogen and oxygen atoms in total. The highest BCUT2D eigenvalue weighted by Crippen LogP contribution is 2.19. The number of hydrogen-bond acceptors (Lipinski definition) is 3. The summed E-state index contributed by atoms with van der Waals surface area (Å²) in [5.74, 6) is 0. The van der Waals surface area contributed by atoms with E-state index in [4.69, 9.17) is 0 Å². The van der Waals surface area contributed by atoms with E-state index in [2.05, 4.69) is 26.2 Å². The van der Waals surface area contributed by atoms with E-state index in [1.54, 1.807) is 6.07 Å². The van der Waals surface area contributed by atoms with Crippen LogP contribution in [0.4, 0.5) is 13.2 Å². The van der Waals surface area contributed by atoms with Crippen LogP contribution in [0.2, 0.25) is 0 Å². The van der Waals surface area contributed by atoms with Crippen LogP contribution >= 0.6 is 15.9 Å². The predicted octanol–water partition coefficient (Wildman–Crippen LogP) is 2.38. The van der Waals surface area contributed by atoms with Crippen LogP contribution in [0.1, 0.15) is 18.3 Å². The standard InChI is InChI=1S/C9H10BrF3N2O/c10-6-1-2-7(15-5-6)8(16)14-4-3-9(11,12)13/h1-2,5,8,14,16H,3-4H2. The third-order valence-corrected chi connectivity index (χ3v) is 2.25. The molecule has 1 rings (SSSR count). The lowest BCUT2D eigenvalue weighted by atomic mass is 10.3. The number of aliphatic hydroxyl groups is 1. The second-order valence-electron chi connectivity index (χ2n) is 3.12. The van der Waals surface area contributed by atoms with Gasteiger partial charge in [0.2, 0.25) is 0 Å². The number of nitrogens with zero attached hydrogens (tertiary/aromatic N) is 1. The zero-order valence-corrected chi connectivity index (χ0v) is 9.72. The van der Waals surface area contributed by atoms with Crippen molar-refractivity contribution in [1.82, 2.24) is 10.3 Å². The number of alkyl halides is 3. The van der Waals surface area contributed by atoms with Gasteiger partial charge in [0, 0.05) is 17.2 Å². The van der Waals surface area contributed by atoms with Crippen molar-refractivity contribution in [2.75, 3.05) is 6.54 Å². The Morgan fingerprint density at radius 2 is 2.12 bits per heavy atom. The van der Waals surface area contributed by atoms with Gasteiger partial charge in [-0.25, -0.2) is 0 Å². The van der Waals surface area contributed by atoms with Crippen LogP contribution in [0.15, 0.2) is 22.8 Å². The highest BCUT2D eigenvalue weighted by molar-refractivity contribution is 9.10. The second kappa shape index (κ2) is 5.60. The molecule has 16 heavy (non-hydrogen) atoms. The van der Waals surface area contributed by atoms with Crippen LogP contribution in [0.3, 0.4) is 0 Å². The molecule has 1 atom stereocenters. The summed E-state index contributed by atoms with van der Waals surface area (Å²) in [6.07, 6.45) is -4.93. The quantitative estimate of drug-likeness (QED) is 0.839. The van der Waals surface area contributed by atoms with Crippen molar-refractivity contribution in [3.05, 3.63) is 28.5 Å². The van der Waals surface area contributed by atoms with Gasteiger partial charge in [0.25, 0.3) is 0 Å². The lowest BCUT2D eigenvalue weighted by Gasteiger charge is -2.13. The molecule has 1 aromatic heterocycles. The number of rotatable bonds is 4. The number of aliphatic hydroxyl groups excluding tert-OH is 1. The van der Waals surface area contributed by atoms with E-state index in [9.17, 15) is 18.3 Å². The van der Waals surface area contributed by atoms with Crippen LogP contribution in [-0.2, 0) is 0 Å². The fraction of sp³-hybridized carbons (Fsp3) is 0.444. The van der Waals surface area contributed by atoms with Crippen LogP contribution in [0, 0.1) is 0 Å². The van der Waals surface area contributed by atoms with Crippen molar-refractivity contribution in [3.8, 4) is 0 Å². The van der Waals surface area contributed by atoms with Crippen LogP contribution in [0.5, 0.6) is 0 Å². The van der Waals surface area contributed by atoms with Crippen molar-refractivity contribution in [2.24, 2.45) is 0 Å². The normalized spacial score (nSPS) is 13.8. The summed E-state index contributed by atoms with van der Waals surface area (Å²) in [7, 11) is 0.